The fraction of sp³-hybridized carbons (Fsp3) is 1.00. The Labute approximate surface area is 238 Å². The monoisotopic (exact) mass is 620 g/mol. The summed E-state index contributed by atoms with van der Waals surface area (Å²) in [6, 6.07) is 0. The van der Waals surface area contributed by atoms with Gasteiger partial charge < -0.3 is 94.4 Å². The van der Waals surface area contributed by atoms with Gasteiger partial charge in [0.25, 0.3) is 0 Å². The fourth-order valence-electron chi connectivity index (χ4n) is 5.21. The minimum absolute atomic E-state index is 0.469. The Morgan fingerprint density at radius 2 is 1.05 bits per heavy atom. The van der Waals surface area contributed by atoms with Crippen molar-refractivity contribution in [3.63, 3.8) is 0 Å². The maximum absolute atomic E-state index is 10.7. The third-order valence-electron chi connectivity index (χ3n) is 7.79. The van der Waals surface area contributed by atoms with Gasteiger partial charge in [-0.25, -0.2) is 0 Å². The molecule has 4 aliphatic heterocycles. The van der Waals surface area contributed by atoms with E-state index in [1.165, 1.54) is 6.92 Å². The van der Waals surface area contributed by atoms with Gasteiger partial charge in [0.05, 0.1) is 25.9 Å². The second kappa shape index (κ2) is 14.1. The van der Waals surface area contributed by atoms with E-state index in [2.05, 4.69) is 0 Å². The third-order valence-corrected chi connectivity index (χ3v) is 7.79. The molecule has 0 saturated carbocycles. The number of aliphatic hydroxyl groups is 12. The zero-order valence-corrected chi connectivity index (χ0v) is 22.3. The molecule has 0 aromatic carbocycles. The molecule has 4 fully saturated rings. The molecular weight excluding hydrogens is 580 g/mol. The van der Waals surface area contributed by atoms with Crippen molar-refractivity contribution in [2.45, 2.75) is 124 Å². The Kier molecular flexibility index (Phi) is 11.5. The van der Waals surface area contributed by atoms with Crippen LogP contribution in [0.3, 0.4) is 0 Å². The van der Waals surface area contributed by atoms with E-state index in [1.807, 2.05) is 0 Å². The second-order valence-electron chi connectivity index (χ2n) is 10.7. The van der Waals surface area contributed by atoms with E-state index in [4.69, 9.17) is 33.2 Å². The van der Waals surface area contributed by atoms with Crippen molar-refractivity contribution in [1.82, 2.24) is 0 Å². The lowest BCUT2D eigenvalue weighted by Crippen LogP contribution is -2.66. The van der Waals surface area contributed by atoms with Gasteiger partial charge in [0.1, 0.15) is 85.5 Å². The van der Waals surface area contributed by atoms with Gasteiger partial charge in [-0.3, -0.25) is 0 Å². The lowest BCUT2D eigenvalue weighted by atomic mass is 9.96. The van der Waals surface area contributed by atoms with Gasteiger partial charge in [-0.15, -0.1) is 0 Å². The maximum atomic E-state index is 10.7. The first-order valence-electron chi connectivity index (χ1n) is 13.4. The molecular formula is C23H40O19. The van der Waals surface area contributed by atoms with Crippen molar-refractivity contribution in [3.8, 4) is 0 Å². The molecule has 0 aromatic heterocycles. The van der Waals surface area contributed by atoms with Crippen molar-refractivity contribution < 1.29 is 94.4 Å². The molecule has 246 valence electrons. The minimum atomic E-state index is -1.90. The van der Waals surface area contributed by atoms with Crippen LogP contribution in [0.5, 0.6) is 0 Å². The Morgan fingerprint density at radius 3 is 1.69 bits per heavy atom. The van der Waals surface area contributed by atoms with Crippen LogP contribution < -0.4 is 0 Å². The highest BCUT2D eigenvalue weighted by Gasteiger charge is 2.53. The van der Waals surface area contributed by atoms with E-state index in [1.54, 1.807) is 0 Å². The summed E-state index contributed by atoms with van der Waals surface area (Å²) in [6.07, 6.45) is -30.5. The van der Waals surface area contributed by atoms with Crippen LogP contribution in [-0.4, -0.2) is 198 Å². The lowest BCUT2D eigenvalue weighted by molar-refractivity contribution is -0.377. The van der Waals surface area contributed by atoms with E-state index in [0.717, 1.165) is 0 Å². The zero-order chi connectivity index (χ0) is 31.0. The molecule has 0 aliphatic carbocycles. The molecule has 12 N–H and O–H groups in total. The molecule has 11 unspecified atom stereocenters. The van der Waals surface area contributed by atoms with E-state index < -0.39 is 137 Å². The van der Waals surface area contributed by atoms with Crippen LogP contribution >= 0.6 is 0 Å². The second-order valence-corrected chi connectivity index (χ2v) is 10.7. The Hall–Kier alpha value is -0.760. The SMILES string of the molecule is CC1O[C@H](O)C(O)C(O)[C@H]1O[C@H]1OC[C@H](O[C@H]2OC(CO)[C@@H](O[C@H]3OC(CO)[C@H](O)C(O)C3O)C(O)C2O)C(O)C1O. The molecule has 42 heavy (non-hydrogen) atoms. The summed E-state index contributed by atoms with van der Waals surface area (Å²) >= 11 is 0. The normalized spacial score (nSPS) is 54.1. The average Bonchev–Trinajstić information content (AvgIpc) is 2.97. The molecule has 0 radical (unpaired) electrons. The molecule has 4 saturated heterocycles. The molecule has 4 aliphatic rings. The number of aliphatic hydroxyl groups excluding tert-OH is 12. The average molecular weight is 621 g/mol. The lowest BCUT2D eigenvalue weighted by Gasteiger charge is -2.47. The van der Waals surface area contributed by atoms with Gasteiger partial charge in [0.15, 0.2) is 25.2 Å². The smallest absolute Gasteiger partial charge is 0.187 e. The first-order valence-corrected chi connectivity index (χ1v) is 13.4. The number of rotatable bonds is 8. The highest BCUT2D eigenvalue weighted by Crippen LogP contribution is 2.32. The highest BCUT2D eigenvalue weighted by molar-refractivity contribution is 4.95. The van der Waals surface area contributed by atoms with Gasteiger partial charge in [-0.2, -0.15) is 0 Å². The summed E-state index contributed by atoms with van der Waals surface area (Å²) in [4.78, 5) is 0. The van der Waals surface area contributed by atoms with E-state index in [9.17, 15) is 61.3 Å². The van der Waals surface area contributed by atoms with Crippen LogP contribution in [-0.2, 0) is 33.2 Å². The van der Waals surface area contributed by atoms with Crippen molar-refractivity contribution in [3.05, 3.63) is 0 Å². The van der Waals surface area contributed by atoms with Crippen molar-refractivity contribution >= 4 is 0 Å². The Morgan fingerprint density at radius 1 is 0.524 bits per heavy atom. The molecule has 19 nitrogen and oxygen atoms in total. The van der Waals surface area contributed by atoms with Gasteiger partial charge >= 0.3 is 0 Å². The minimum Gasteiger partial charge on any atom is -0.394 e. The third kappa shape index (κ3) is 6.74. The number of ether oxygens (including phenoxy) is 7. The highest BCUT2D eigenvalue weighted by atomic mass is 16.8. The van der Waals surface area contributed by atoms with Crippen LogP contribution in [0.1, 0.15) is 6.92 Å². The summed E-state index contributed by atoms with van der Waals surface area (Å²) in [5, 5.41) is 122. The summed E-state index contributed by atoms with van der Waals surface area (Å²) < 4.78 is 37.8. The fourth-order valence-corrected chi connectivity index (χ4v) is 5.21. The first-order chi connectivity index (χ1) is 19.8. The van der Waals surface area contributed by atoms with Crippen LogP contribution in [0.4, 0.5) is 0 Å². The van der Waals surface area contributed by atoms with Crippen LogP contribution in [0.2, 0.25) is 0 Å². The van der Waals surface area contributed by atoms with Crippen LogP contribution in [0, 0.1) is 0 Å². The summed E-state index contributed by atoms with van der Waals surface area (Å²) in [5.74, 6) is 0. The van der Waals surface area contributed by atoms with Crippen molar-refractivity contribution in [2.24, 2.45) is 0 Å². The van der Waals surface area contributed by atoms with E-state index in [-0.39, 0.29) is 0 Å². The molecule has 19 atom stereocenters. The summed E-state index contributed by atoms with van der Waals surface area (Å²) in [6.45, 7) is -0.610. The molecule has 4 rings (SSSR count). The van der Waals surface area contributed by atoms with Gasteiger partial charge in [0, 0.05) is 0 Å². The Bertz CT molecular complexity index is 851. The maximum Gasteiger partial charge on any atom is 0.187 e. The van der Waals surface area contributed by atoms with Crippen molar-refractivity contribution in [1.29, 1.82) is 0 Å². The summed E-state index contributed by atoms with van der Waals surface area (Å²) in [5.41, 5.74) is 0. The number of hydrogen-bond donors (Lipinski definition) is 12. The molecule has 0 bridgehead atoms. The standard InChI is InChI=1S/C23H40O19/c1-5-18(12(29)14(31)20(35)37-5)41-21-15(32)10(27)8(4-36-21)40-22-17(34)13(30)19(7(3-25)39-22)42-23-16(33)11(28)9(26)6(2-24)38-23/h5-35H,2-4H2,1H3/t5?,6?,7?,8-,9-,10?,11?,12?,13?,14?,15?,16?,17?,18-,19+,20-,21+,22+,23+/m0/s1. The van der Waals surface area contributed by atoms with Crippen LogP contribution in [0.25, 0.3) is 0 Å². The predicted octanol–water partition coefficient (Wildman–Crippen LogP) is -8.08. The van der Waals surface area contributed by atoms with E-state index >= 15 is 0 Å². The molecule has 19 heteroatoms. The van der Waals surface area contributed by atoms with Gasteiger partial charge in [0.2, 0.25) is 0 Å². The quantitative estimate of drug-likeness (QED) is 0.120. The molecule has 0 amide bonds. The van der Waals surface area contributed by atoms with Gasteiger partial charge in [-0.05, 0) is 6.92 Å². The van der Waals surface area contributed by atoms with Gasteiger partial charge in [-0.1, -0.05) is 0 Å². The number of hydrogen-bond acceptors (Lipinski definition) is 19. The van der Waals surface area contributed by atoms with Crippen LogP contribution in [0.15, 0.2) is 0 Å². The molecule has 0 spiro atoms. The van der Waals surface area contributed by atoms with Crippen molar-refractivity contribution in [2.75, 3.05) is 19.8 Å². The largest absolute Gasteiger partial charge is 0.394 e. The summed E-state index contributed by atoms with van der Waals surface area (Å²) in [7, 11) is 0. The first kappa shape index (κ1) is 34.1. The molecule has 0 aromatic rings. The Balaban J connectivity index is 1.36. The predicted molar refractivity (Wildman–Crippen MR) is 126 cm³/mol. The van der Waals surface area contributed by atoms with E-state index in [0.29, 0.717) is 0 Å². The topological polar surface area (TPSA) is 307 Å². The zero-order valence-electron chi connectivity index (χ0n) is 22.3. The molecule has 4 heterocycles.